The van der Waals surface area contributed by atoms with Crippen molar-refractivity contribution in [3.8, 4) is 0 Å². The molecule has 3 heteroatoms. The number of hydrogen-bond acceptors (Lipinski definition) is 0. The molecule has 8 aliphatic carbocycles. The van der Waals surface area contributed by atoms with Crippen LogP contribution in [0.15, 0.2) is 89.2 Å². The van der Waals surface area contributed by atoms with Gasteiger partial charge in [-0.05, 0) is 287 Å². The van der Waals surface area contributed by atoms with Gasteiger partial charge in [-0.1, -0.05) is 142 Å². The van der Waals surface area contributed by atoms with Gasteiger partial charge in [0.25, 0.3) is 0 Å². The average molecular weight is 1080 g/mol. The topological polar surface area (TPSA) is 0 Å². The average Bonchev–Trinajstić information content (AvgIpc) is 3.94. The van der Waals surface area contributed by atoms with Crippen LogP contribution in [0, 0.1) is 133 Å². The van der Waals surface area contributed by atoms with Crippen molar-refractivity contribution in [2.24, 2.45) is 118 Å². The normalized spacial score (nSPS) is 39.4. The molecule has 4 fully saturated rings. The van der Waals surface area contributed by atoms with Crippen molar-refractivity contribution in [3.05, 3.63) is 104 Å². The molecule has 0 N–H and O–H groups in total. The van der Waals surface area contributed by atoms with Crippen LogP contribution in [0.5, 0.6) is 0 Å². The van der Waals surface area contributed by atoms with E-state index in [2.05, 4.69) is 180 Å². The van der Waals surface area contributed by atoms with Crippen molar-refractivity contribution in [1.82, 2.24) is 0 Å². The molecule has 4 saturated carbocycles. The number of allylic oxidation sites excluding steroid dienone is 16. The van der Waals surface area contributed by atoms with E-state index in [1.807, 2.05) is 0 Å². The van der Waals surface area contributed by atoms with E-state index >= 15 is 0 Å². The molecule has 73 heavy (non-hydrogen) atoms. The van der Waals surface area contributed by atoms with E-state index in [-0.39, 0.29) is 29.7 Å². The molecular weight excluding hydrogens is 960 g/mol. The van der Waals surface area contributed by atoms with Crippen molar-refractivity contribution in [2.45, 2.75) is 221 Å². The van der Waals surface area contributed by atoms with Gasteiger partial charge in [-0.15, -0.1) is 0 Å². The van der Waals surface area contributed by atoms with E-state index in [4.69, 9.17) is 18.6 Å². The van der Waals surface area contributed by atoms with Crippen LogP contribution in [0.4, 0.5) is 0 Å². The van der Waals surface area contributed by atoms with E-state index in [0.717, 1.165) is 118 Å². The van der Waals surface area contributed by atoms with Crippen molar-refractivity contribution in [1.29, 1.82) is 0 Å². The van der Waals surface area contributed by atoms with E-state index in [1.54, 1.807) is 89.2 Å². The predicted octanol–water partition coefficient (Wildman–Crippen LogP) is 23.4. The summed E-state index contributed by atoms with van der Waals surface area (Å²) in [5.74, 6) is 16.6. The van der Waals surface area contributed by atoms with Crippen LogP contribution in [0.3, 0.4) is 0 Å². The molecule has 0 bridgehead atoms. The van der Waals surface area contributed by atoms with Gasteiger partial charge in [0.15, 0.2) is 0 Å². The second-order valence-electron chi connectivity index (χ2n) is 25.7. The Labute approximate surface area is 475 Å². The summed E-state index contributed by atoms with van der Waals surface area (Å²) in [5, 5.41) is 0. The summed E-state index contributed by atoms with van der Waals surface area (Å²) in [5.41, 5.74) is 26.2. The molecule has 0 heterocycles. The summed E-state index contributed by atoms with van der Waals surface area (Å²) in [6, 6.07) is 0. The summed E-state index contributed by atoms with van der Waals surface area (Å²) in [6.07, 6.45) is 5.51. The fourth-order valence-corrected chi connectivity index (χ4v) is 18.5. The minimum atomic E-state index is -0.556. The third-order valence-electron chi connectivity index (χ3n) is 24.4. The molecule has 0 aromatic rings. The Balaban J connectivity index is 0.000000557. The second-order valence-corrected chi connectivity index (χ2v) is 28.2. The summed E-state index contributed by atoms with van der Waals surface area (Å²) in [7, 11) is 9.78. The molecule has 20 atom stereocenters. The summed E-state index contributed by atoms with van der Waals surface area (Å²) < 4.78 is 0. The molecule has 0 aliphatic heterocycles. The van der Waals surface area contributed by atoms with Crippen molar-refractivity contribution in [2.75, 3.05) is 0 Å². The van der Waals surface area contributed by atoms with Crippen molar-refractivity contribution >= 4 is 18.6 Å². The summed E-state index contributed by atoms with van der Waals surface area (Å²) in [4.78, 5) is 0. The van der Waals surface area contributed by atoms with Gasteiger partial charge in [0.2, 0.25) is 0 Å². The predicted molar refractivity (Wildman–Crippen MR) is 330 cm³/mol. The molecule has 0 spiro atoms. The third kappa shape index (κ3) is 12.1. The van der Waals surface area contributed by atoms with Crippen LogP contribution < -0.4 is 0 Å². The maximum atomic E-state index is 4.89. The standard InChI is InChI=1S/C32H50.2C17H28.2CH4.2CH3.2ClH.Ti/c1-15-17(3)23(9)31-27(19(5)25(11)29(31)21(15)7)13-14-28-20(6)26(12)30-22(8)16(2)18(4)24(10)32(28)30;2*1-8-15-11(4)14(7)16-12(5)9(2)10(3)13(6)17(15)16;;;;;;;/h19-20,25-32H,13-14H2,1-12H3;2*11,14-17H,8H2,1-7H3;2*1H4;2*1H3;2*1H;/q;;;;;2*-1;;;+2/p-2. The molecule has 8 rings (SSSR count). The quantitative estimate of drug-likeness (QED) is 0.190. The van der Waals surface area contributed by atoms with Crippen LogP contribution in [0.1, 0.15) is 221 Å². The Bertz CT molecular complexity index is 2030. The van der Waals surface area contributed by atoms with Gasteiger partial charge in [0.1, 0.15) is 0 Å². The molecule has 8 aliphatic rings. The fourth-order valence-electron chi connectivity index (χ4n) is 18.5. The molecule has 0 radical (unpaired) electrons. The van der Waals surface area contributed by atoms with Gasteiger partial charge in [-0.25, -0.2) is 0 Å². The first-order chi connectivity index (χ1) is 32.2. The van der Waals surface area contributed by atoms with E-state index in [0.29, 0.717) is 0 Å². The molecule has 0 nitrogen and oxygen atoms in total. The van der Waals surface area contributed by atoms with Crippen molar-refractivity contribution in [3.63, 3.8) is 0 Å². The van der Waals surface area contributed by atoms with Crippen molar-refractivity contribution < 1.29 is 17.0 Å². The maximum absolute atomic E-state index is 4.89. The molecule has 0 aromatic carbocycles. The van der Waals surface area contributed by atoms with Crippen LogP contribution >= 0.6 is 18.6 Å². The number of halogens is 2. The van der Waals surface area contributed by atoms with Gasteiger partial charge in [0.05, 0.1) is 0 Å². The molecule has 420 valence electrons. The first kappa shape index (κ1) is 70.2. The SMILES string of the molecule is C.C.CC1=C(C)C2C(C)C(C)C(CCC3C(C)C(C)C4C(C)=C(C)C(C)=C(C)C34)C2C(C)=C1C.CCC1C(C)C(C)C2C(C)=C(C)C(C)=C(C)C12.CCC1C(C)C(C)C2C(C)=C(C)C(C)=C(C)C12.[CH3-].[CH3-].[Cl][Ti][Cl]. The Kier molecular flexibility index (Phi) is 26.8. The Morgan fingerprint density at radius 3 is 0.575 bits per heavy atom. The van der Waals surface area contributed by atoms with Gasteiger partial charge in [-0.2, -0.15) is 0 Å². The summed E-state index contributed by atoms with van der Waals surface area (Å²) in [6.45, 7) is 63.0. The molecule has 0 aromatic heterocycles. The molecule has 0 amide bonds. The zero-order chi connectivity index (χ0) is 52.3. The zero-order valence-corrected chi connectivity index (χ0v) is 54.7. The fraction of sp³-hybridized carbons (Fsp3) is 0.743. The third-order valence-corrected chi connectivity index (χ3v) is 24.4. The van der Waals surface area contributed by atoms with E-state index < -0.39 is 17.0 Å². The number of fused-ring (bicyclic) bond motifs is 4. The second kappa shape index (κ2) is 27.9. The number of rotatable bonds is 5. The summed E-state index contributed by atoms with van der Waals surface area (Å²) >= 11 is -0.556. The molecule has 20 unspecified atom stereocenters. The van der Waals surface area contributed by atoms with E-state index in [9.17, 15) is 0 Å². The van der Waals surface area contributed by atoms with Crippen LogP contribution in [0.2, 0.25) is 0 Å². The van der Waals surface area contributed by atoms with Gasteiger partial charge >= 0.3 is 35.6 Å². The van der Waals surface area contributed by atoms with E-state index in [1.165, 1.54) is 25.7 Å². The first-order valence-corrected chi connectivity index (χ1v) is 32.8. The monoisotopic (exact) mass is 1080 g/mol. The molecular formula is C70H120Cl2Ti-2. The Hall–Kier alpha value is -0.786. The van der Waals surface area contributed by atoms with Gasteiger partial charge in [0, 0.05) is 0 Å². The zero-order valence-electron chi connectivity index (χ0n) is 51.6. The number of hydrogen-bond donors (Lipinski definition) is 0. The van der Waals surface area contributed by atoms with Crippen LogP contribution in [-0.4, -0.2) is 0 Å². The Morgan fingerprint density at radius 1 is 0.274 bits per heavy atom. The first-order valence-electron chi connectivity index (χ1n) is 28.5. The van der Waals surface area contributed by atoms with Gasteiger partial charge in [-0.3, -0.25) is 0 Å². The van der Waals surface area contributed by atoms with Crippen LogP contribution in [-0.2, 0) is 17.0 Å². The Morgan fingerprint density at radius 2 is 0.411 bits per heavy atom. The van der Waals surface area contributed by atoms with Gasteiger partial charge < -0.3 is 14.9 Å². The molecule has 0 saturated heterocycles. The van der Waals surface area contributed by atoms with Crippen LogP contribution in [0.25, 0.3) is 0 Å². The minimum absolute atomic E-state index is 0.